The van der Waals surface area contributed by atoms with Gasteiger partial charge in [0.15, 0.2) is 0 Å². The molecule has 19 heavy (non-hydrogen) atoms. The largest absolute Gasteiger partial charge is 0.394 e. The highest BCUT2D eigenvalue weighted by atomic mass is 32.1. The summed E-state index contributed by atoms with van der Waals surface area (Å²) in [5.41, 5.74) is 0.577. The third-order valence-corrected chi connectivity index (χ3v) is 3.43. The number of aliphatic hydroxyl groups is 1. The van der Waals surface area contributed by atoms with Crippen LogP contribution in [0.15, 0.2) is 17.8 Å². The first-order valence-corrected chi connectivity index (χ1v) is 6.67. The second kappa shape index (κ2) is 5.10. The molecule has 0 aromatic carbocycles. The number of hydrogen-bond acceptors (Lipinski definition) is 5. The summed E-state index contributed by atoms with van der Waals surface area (Å²) in [4.78, 5) is 16.3. The minimum Gasteiger partial charge on any atom is -0.394 e. The lowest BCUT2D eigenvalue weighted by atomic mass is 10.1. The molecule has 2 aromatic heterocycles. The molecule has 0 aliphatic heterocycles. The topological polar surface area (TPSA) is 80.0 Å². The lowest BCUT2D eigenvalue weighted by molar-refractivity contribution is 0.0865. The molecule has 7 heteroatoms. The maximum absolute atomic E-state index is 12.0. The normalized spacial score (nSPS) is 11.6. The Bertz CT molecular complexity index is 588. The van der Waals surface area contributed by atoms with Crippen molar-refractivity contribution in [2.75, 3.05) is 6.61 Å². The van der Waals surface area contributed by atoms with Crippen LogP contribution in [0.3, 0.4) is 0 Å². The quantitative estimate of drug-likeness (QED) is 0.877. The van der Waals surface area contributed by atoms with Crippen molar-refractivity contribution in [2.24, 2.45) is 7.05 Å². The Morgan fingerprint density at radius 1 is 1.58 bits per heavy atom. The SMILES string of the molecule is Cn1cc(-c2nc(C(=O)NC(C)(C)CO)cs2)cn1. The molecule has 0 aliphatic carbocycles. The van der Waals surface area contributed by atoms with E-state index in [0.29, 0.717) is 5.69 Å². The van der Waals surface area contributed by atoms with Crippen LogP contribution in [-0.2, 0) is 7.05 Å². The Kier molecular flexibility index (Phi) is 3.68. The first-order chi connectivity index (χ1) is 8.91. The Morgan fingerprint density at radius 3 is 2.89 bits per heavy atom. The van der Waals surface area contributed by atoms with Crippen molar-refractivity contribution in [3.05, 3.63) is 23.5 Å². The summed E-state index contributed by atoms with van der Waals surface area (Å²) in [6.45, 7) is 3.37. The van der Waals surface area contributed by atoms with Gasteiger partial charge in [0, 0.05) is 24.2 Å². The highest BCUT2D eigenvalue weighted by molar-refractivity contribution is 7.13. The number of rotatable bonds is 4. The number of nitrogens with one attached hydrogen (secondary N) is 1. The minimum absolute atomic E-state index is 0.127. The molecule has 1 amide bonds. The van der Waals surface area contributed by atoms with Gasteiger partial charge >= 0.3 is 0 Å². The summed E-state index contributed by atoms with van der Waals surface area (Å²) in [5, 5.41) is 18.4. The third-order valence-electron chi connectivity index (χ3n) is 2.54. The number of aromatic nitrogens is 3. The first kappa shape index (κ1) is 13.7. The minimum atomic E-state index is -0.658. The molecule has 2 aromatic rings. The van der Waals surface area contributed by atoms with E-state index in [2.05, 4.69) is 15.4 Å². The van der Waals surface area contributed by atoms with Gasteiger partial charge in [-0.3, -0.25) is 9.48 Å². The second-order valence-electron chi connectivity index (χ2n) is 4.94. The number of thiazole rings is 1. The van der Waals surface area contributed by atoms with E-state index in [1.165, 1.54) is 11.3 Å². The number of aliphatic hydroxyl groups excluding tert-OH is 1. The zero-order valence-electron chi connectivity index (χ0n) is 11.0. The summed E-state index contributed by atoms with van der Waals surface area (Å²) in [6.07, 6.45) is 3.55. The van der Waals surface area contributed by atoms with Gasteiger partial charge in [-0.2, -0.15) is 5.10 Å². The monoisotopic (exact) mass is 280 g/mol. The Balaban J connectivity index is 2.15. The predicted octanol–water partition coefficient (Wildman–Crippen LogP) is 1.04. The van der Waals surface area contributed by atoms with E-state index in [0.717, 1.165) is 10.6 Å². The van der Waals surface area contributed by atoms with Crippen LogP contribution >= 0.6 is 11.3 Å². The van der Waals surface area contributed by atoms with Crippen LogP contribution in [0.1, 0.15) is 24.3 Å². The number of hydrogen-bond donors (Lipinski definition) is 2. The number of carbonyl (C=O) groups excluding carboxylic acids is 1. The van der Waals surface area contributed by atoms with Crippen LogP contribution in [0, 0.1) is 0 Å². The standard InChI is InChI=1S/C12H16N4O2S/c1-12(2,7-17)15-10(18)9-6-19-11(14-9)8-4-13-16(3)5-8/h4-6,17H,7H2,1-3H3,(H,15,18). The van der Waals surface area contributed by atoms with Gasteiger partial charge in [0.25, 0.3) is 5.91 Å². The van der Waals surface area contributed by atoms with Gasteiger partial charge < -0.3 is 10.4 Å². The number of aryl methyl sites for hydroxylation is 1. The average Bonchev–Trinajstić information content (AvgIpc) is 2.96. The number of amides is 1. The van der Waals surface area contributed by atoms with Crippen LogP contribution in [-0.4, -0.2) is 37.9 Å². The third kappa shape index (κ3) is 3.18. The fraction of sp³-hybridized carbons (Fsp3) is 0.417. The summed E-state index contributed by atoms with van der Waals surface area (Å²) in [5.74, 6) is -0.287. The van der Waals surface area contributed by atoms with E-state index in [1.807, 2.05) is 13.2 Å². The summed E-state index contributed by atoms with van der Waals surface area (Å²) in [6, 6.07) is 0. The van der Waals surface area contributed by atoms with Gasteiger partial charge in [-0.05, 0) is 13.8 Å². The van der Waals surface area contributed by atoms with Gasteiger partial charge in [-0.25, -0.2) is 4.98 Å². The Morgan fingerprint density at radius 2 is 2.32 bits per heavy atom. The van der Waals surface area contributed by atoms with Gasteiger partial charge in [0.1, 0.15) is 10.7 Å². The van der Waals surface area contributed by atoms with Crippen molar-refractivity contribution in [2.45, 2.75) is 19.4 Å². The van der Waals surface area contributed by atoms with Crippen molar-refractivity contribution >= 4 is 17.2 Å². The van der Waals surface area contributed by atoms with Crippen molar-refractivity contribution in [3.8, 4) is 10.6 Å². The van der Waals surface area contributed by atoms with Crippen molar-refractivity contribution in [3.63, 3.8) is 0 Å². The second-order valence-corrected chi connectivity index (χ2v) is 5.79. The maximum atomic E-state index is 12.0. The van der Waals surface area contributed by atoms with Crippen LogP contribution in [0.2, 0.25) is 0 Å². The van der Waals surface area contributed by atoms with Crippen LogP contribution < -0.4 is 5.32 Å². The summed E-state index contributed by atoms with van der Waals surface area (Å²) in [7, 11) is 1.83. The smallest absolute Gasteiger partial charge is 0.271 e. The fourth-order valence-electron chi connectivity index (χ4n) is 1.45. The molecule has 102 valence electrons. The molecule has 0 radical (unpaired) electrons. The number of carbonyl (C=O) groups is 1. The molecule has 6 nitrogen and oxygen atoms in total. The van der Waals surface area contributed by atoms with E-state index in [1.54, 1.807) is 30.1 Å². The molecule has 2 N–H and O–H groups in total. The van der Waals surface area contributed by atoms with Crippen molar-refractivity contribution < 1.29 is 9.90 Å². The van der Waals surface area contributed by atoms with Gasteiger partial charge in [-0.1, -0.05) is 0 Å². The molecule has 0 saturated carbocycles. The number of nitrogens with zero attached hydrogens (tertiary/aromatic N) is 3. The molecule has 0 atom stereocenters. The summed E-state index contributed by atoms with van der Waals surface area (Å²) < 4.78 is 1.69. The molecular weight excluding hydrogens is 264 g/mol. The predicted molar refractivity (Wildman–Crippen MR) is 72.9 cm³/mol. The lowest BCUT2D eigenvalue weighted by Gasteiger charge is -2.22. The summed E-state index contributed by atoms with van der Waals surface area (Å²) >= 11 is 1.39. The lowest BCUT2D eigenvalue weighted by Crippen LogP contribution is -2.46. The zero-order chi connectivity index (χ0) is 14.0. The van der Waals surface area contributed by atoms with Crippen LogP contribution in [0.4, 0.5) is 0 Å². The fourth-order valence-corrected chi connectivity index (χ4v) is 2.23. The molecular formula is C12H16N4O2S. The molecule has 0 unspecified atom stereocenters. The Labute approximate surface area is 115 Å². The molecule has 0 spiro atoms. The van der Waals surface area contributed by atoms with E-state index in [9.17, 15) is 4.79 Å². The van der Waals surface area contributed by atoms with Gasteiger partial charge in [0.05, 0.1) is 18.3 Å². The highest BCUT2D eigenvalue weighted by Crippen LogP contribution is 2.23. The van der Waals surface area contributed by atoms with Crippen molar-refractivity contribution in [1.29, 1.82) is 0 Å². The first-order valence-electron chi connectivity index (χ1n) is 5.79. The molecule has 2 heterocycles. The molecule has 0 fully saturated rings. The van der Waals surface area contributed by atoms with E-state index >= 15 is 0 Å². The molecule has 0 bridgehead atoms. The van der Waals surface area contributed by atoms with Gasteiger partial charge in [0.2, 0.25) is 0 Å². The molecule has 0 saturated heterocycles. The average molecular weight is 280 g/mol. The molecule has 2 rings (SSSR count). The Hall–Kier alpha value is -1.73. The van der Waals surface area contributed by atoms with E-state index < -0.39 is 5.54 Å². The molecule has 0 aliphatic rings. The highest BCUT2D eigenvalue weighted by Gasteiger charge is 2.21. The van der Waals surface area contributed by atoms with Gasteiger partial charge in [-0.15, -0.1) is 11.3 Å². The van der Waals surface area contributed by atoms with Crippen LogP contribution in [0.25, 0.3) is 10.6 Å². The van der Waals surface area contributed by atoms with Crippen LogP contribution in [0.5, 0.6) is 0 Å². The van der Waals surface area contributed by atoms with Crippen molar-refractivity contribution in [1.82, 2.24) is 20.1 Å². The maximum Gasteiger partial charge on any atom is 0.271 e. The van der Waals surface area contributed by atoms with E-state index in [-0.39, 0.29) is 12.5 Å². The van der Waals surface area contributed by atoms with E-state index in [4.69, 9.17) is 5.11 Å². The zero-order valence-corrected chi connectivity index (χ0v) is 11.9.